The Morgan fingerprint density at radius 2 is 1.96 bits per heavy atom. The number of carboxylic acids is 1. The Morgan fingerprint density at radius 1 is 1.26 bits per heavy atom. The predicted molar refractivity (Wildman–Crippen MR) is 94.0 cm³/mol. The third-order valence-corrected chi connectivity index (χ3v) is 4.14. The van der Waals surface area contributed by atoms with E-state index in [1.54, 1.807) is 19.1 Å². The van der Waals surface area contributed by atoms with Crippen molar-refractivity contribution >= 4 is 23.5 Å². The van der Waals surface area contributed by atoms with Crippen LogP contribution in [0.25, 0.3) is 0 Å². The molecule has 0 spiro atoms. The number of ether oxygens (including phenoxy) is 1. The van der Waals surface area contributed by atoms with Crippen molar-refractivity contribution in [2.24, 2.45) is 0 Å². The maximum absolute atomic E-state index is 13.1. The fourth-order valence-electron chi connectivity index (χ4n) is 2.76. The number of halogens is 1. The van der Waals surface area contributed by atoms with Gasteiger partial charge in [0.1, 0.15) is 5.82 Å². The number of benzene rings is 2. The number of hydrogen-bond donors (Lipinski definition) is 3. The van der Waals surface area contributed by atoms with Gasteiger partial charge in [-0.2, -0.15) is 0 Å². The molecule has 3 rings (SSSR count). The highest BCUT2D eigenvalue weighted by Crippen LogP contribution is 2.33. The minimum absolute atomic E-state index is 0.164. The fourth-order valence-corrected chi connectivity index (χ4v) is 2.76. The number of hydrogen-bond acceptors (Lipinski definition) is 4. The standard InChI is InChI=1S/C19H17FN2O5/c1-10-18(25)21-14-4-2-3-13(17(14)27-10)19(26)22-15(9-16(23)24)11-5-7-12(20)8-6-11/h2-8,10,15H,9H2,1H3,(H,21,25)(H,22,26)(H,23,24)/t10-,15+/m1/s1. The van der Waals surface area contributed by atoms with Gasteiger partial charge in [0.15, 0.2) is 11.9 Å². The van der Waals surface area contributed by atoms with Gasteiger partial charge in [0.2, 0.25) is 0 Å². The highest BCUT2D eigenvalue weighted by Gasteiger charge is 2.28. The zero-order valence-electron chi connectivity index (χ0n) is 14.4. The lowest BCUT2D eigenvalue weighted by molar-refractivity contribution is -0.137. The van der Waals surface area contributed by atoms with Crippen molar-refractivity contribution in [3.63, 3.8) is 0 Å². The molecule has 0 radical (unpaired) electrons. The maximum Gasteiger partial charge on any atom is 0.305 e. The maximum atomic E-state index is 13.1. The highest BCUT2D eigenvalue weighted by atomic mass is 19.1. The molecule has 0 saturated carbocycles. The molecule has 0 fully saturated rings. The highest BCUT2D eigenvalue weighted by molar-refractivity contribution is 6.04. The molecule has 0 saturated heterocycles. The molecule has 0 bridgehead atoms. The number of para-hydroxylation sites is 1. The quantitative estimate of drug-likeness (QED) is 0.748. The summed E-state index contributed by atoms with van der Waals surface area (Å²) < 4.78 is 18.7. The molecule has 0 aromatic heterocycles. The zero-order valence-corrected chi connectivity index (χ0v) is 14.4. The van der Waals surface area contributed by atoms with E-state index in [4.69, 9.17) is 9.84 Å². The van der Waals surface area contributed by atoms with Crippen molar-refractivity contribution in [1.29, 1.82) is 0 Å². The van der Waals surface area contributed by atoms with Gasteiger partial charge in [0.25, 0.3) is 11.8 Å². The van der Waals surface area contributed by atoms with Gasteiger partial charge in [-0.15, -0.1) is 0 Å². The first-order valence-corrected chi connectivity index (χ1v) is 8.24. The Morgan fingerprint density at radius 3 is 2.63 bits per heavy atom. The molecule has 140 valence electrons. The van der Waals surface area contributed by atoms with E-state index in [0.717, 1.165) is 0 Å². The van der Waals surface area contributed by atoms with Crippen molar-refractivity contribution in [1.82, 2.24) is 5.32 Å². The molecule has 0 aliphatic carbocycles. The summed E-state index contributed by atoms with van der Waals surface area (Å²) in [4.78, 5) is 35.7. The van der Waals surface area contributed by atoms with E-state index in [-0.39, 0.29) is 23.6 Å². The normalized spacial score (nSPS) is 16.5. The van der Waals surface area contributed by atoms with Crippen LogP contribution in [0.1, 0.15) is 35.3 Å². The van der Waals surface area contributed by atoms with E-state index in [9.17, 15) is 18.8 Å². The first-order chi connectivity index (χ1) is 12.8. The van der Waals surface area contributed by atoms with Gasteiger partial charge >= 0.3 is 5.97 Å². The number of aliphatic carboxylic acids is 1. The summed E-state index contributed by atoms with van der Waals surface area (Å²) in [5, 5.41) is 14.4. The van der Waals surface area contributed by atoms with Gasteiger partial charge in [0, 0.05) is 0 Å². The average Bonchev–Trinajstić information content (AvgIpc) is 2.62. The van der Waals surface area contributed by atoms with Gasteiger partial charge in [-0.05, 0) is 36.8 Å². The number of carboxylic acid groups (broad SMARTS) is 1. The molecule has 2 aromatic rings. The molecular weight excluding hydrogens is 355 g/mol. The Balaban J connectivity index is 1.88. The van der Waals surface area contributed by atoms with Crippen LogP contribution in [-0.4, -0.2) is 29.0 Å². The van der Waals surface area contributed by atoms with E-state index in [1.807, 2.05) is 0 Å². The SMILES string of the molecule is C[C@H]1Oc2c(cccc2C(=O)N[C@@H](CC(=O)O)c2ccc(F)cc2)NC1=O. The zero-order chi connectivity index (χ0) is 19.6. The number of nitrogens with one attached hydrogen (secondary N) is 2. The van der Waals surface area contributed by atoms with Gasteiger partial charge < -0.3 is 20.5 Å². The second-order valence-corrected chi connectivity index (χ2v) is 6.11. The van der Waals surface area contributed by atoms with Crippen LogP contribution in [0.5, 0.6) is 5.75 Å². The minimum atomic E-state index is -1.11. The first kappa shape index (κ1) is 18.4. The van der Waals surface area contributed by atoms with Crippen LogP contribution in [0.15, 0.2) is 42.5 Å². The largest absolute Gasteiger partial charge is 0.481 e. The number of amides is 2. The molecule has 1 aliphatic rings. The fraction of sp³-hybridized carbons (Fsp3) is 0.211. The first-order valence-electron chi connectivity index (χ1n) is 8.24. The minimum Gasteiger partial charge on any atom is -0.481 e. The summed E-state index contributed by atoms with van der Waals surface area (Å²) >= 11 is 0. The van der Waals surface area contributed by atoms with Gasteiger partial charge in [0.05, 0.1) is 23.7 Å². The second-order valence-electron chi connectivity index (χ2n) is 6.11. The van der Waals surface area contributed by atoms with Crippen molar-refractivity contribution in [3.05, 3.63) is 59.4 Å². The summed E-state index contributed by atoms with van der Waals surface area (Å²) in [6.45, 7) is 1.55. The Kier molecular flexibility index (Phi) is 5.07. The molecule has 3 N–H and O–H groups in total. The molecule has 1 aliphatic heterocycles. The van der Waals surface area contributed by atoms with Gasteiger partial charge in [-0.3, -0.25) is 14.4 Å². The van der Waals surface area contributed by atoms with Gasteiger partial charge in [-0.1, -0.05) is 18.2 Å². The lowest BCUT2D eigenvalue weighted by Crippen LogP contribution is -2.36. The average molecular weight is 372 g/mol. The van der Waals surface area contributed by atoms with Crippen LogP contribution in [0.3, 0.4) is 0 Å². The van der Waals surface area contributed by atoms with Crippen LogP contribution >= 0.6 is 0 Å². The molecule has 2 amide bonds. The predicted octanol–water partition coefficient (Wildman–Crippen LogP) is 2.49. The molecule has 0 unspecified atom stereocenters. The van der Waals surface area contributed by atoms with Crippen molar-refractivity contribution in [2.45, 2.75) is 25.5 Å². The van der Waals surface area contributed by atoms with Gasteiger partial charge in [-0.25, -0.2) is 4.39 Å². The van der Waals surface area contributed by atoms with E-state index in [2.05, 4.69) is 10.6 Å². The van der Waals surface area contributed by atoms with Crippen molar-refractivity contribution in [3.8, 4) is 5.75 Å². The molecule has 2 aromatic carbocycles. The van der Waals surface area contributed by atoms with Crippen LogP contribution in [0.4, 0.5) is 10.1 Å². The van der Waals surface area contributed by atoms with Crippen LogP contribution < -0.4 is 15.4 Å². The molecular formula is C19H17FN2O5. The Hall–Kier alpha value is -3.42. The van der Waals surface area contributed by atoms with Crippen LogP contribution in [0, 0.1) is 5.82 Å². The number of anilines is 1. The second kappa shape index (κ2) is 7.45. The number of carbonyl (C=O) groups excluding carboxylic acids is 2. The van der Waals surface area contributed by atoms with Crippen molar-refractivity contribution in [2.75, 3.05) is 5.32 Å². The summed E-state index contributed by atoms with van der Waals surface area (Å²) in [6, 6.07) is 9.07. The Labute approximate surface area is 154 Å². The number of rotatable bonds is 5. The summed E-state index contributed by atoms with van der Waals surface area (Å²) in [5.41, 5.74) is 0.985. The topological polar surface area (TPSA) is 105 Å². The third kappa shape index (κ3) is 4.05. The molecule has 8 heteroatoms. The molecule has 7 nitrogen and oxygen atoms in total. The van der Waals surface area contributed by atoms with Crippen LogP contribution in [-0.2, 0) is 9.59 Å². The smallest absolute Gasteiger partial charge is 0.305 e. The van der Waals surface area contributed by atoms with E-state index in [1.165, 1.54) is 30.3 Å². The number of carbonyl (C=O) groups is 3. The molecule has 2 atom stereocenters. The van der Waals surface area contributed by atoms with Crippen LogP contribution in [0.2, 0.25) is 0 Å². The van der Waals surface area contributed by atoms with Crippen molar-refractivity contribution < 1.29 is 28.6 Å². The van der Waals surface area contributed by atoms with E-state index in [0.29, 0.717) is 11.3 Å². The monoisotopic (exact) mass is 372 g/mol. The third-order valence-electron chi connectivity index (χ3n) is 4.14. The molecule has 1 heterocycles. The Bertz CT molecular complexity index is 897. The number of fused-ring (bicyclic) bond motifs is 1. The summed E-state index contributed by atoms with van der Waals surface area (Å²) in [6.07, 6.45) is -1.14. The van der Waals surface area contributed by atoms with E-state index < -0.39 is 29.8 Å². The summed E-state index contributed by atoms with van der Waals surface area (Å²) in [7, 11) is 0. The molecule has 27 heavy (non-hydrogen) atoms. The summed E-state index contributed by atoms with van der Waals surface area (Å²) in [5.74, 6) is -2.25. The van der Waals surface area contributed by atoms with E-state index >= 15 is 0 Å². The lowest BCUT2D eigenvalue weighted by atomic mass is 10.0. The lowest BCUT2D eigenvalue weighted by Gasteiger charge is -2.25.